The molecule has 0 aliphatic carbocycles. The second-order valence-electron chi connectivity index (χ2n) is 5.35. The zero-order valence-corrected chi connectivity index (χ0v) is 14.6. The molecule has 0 aliphatic rings. The van der Waals surface area contributed by atoms with Crippen molar-refractivity contribution < 1.29 is 19.4 Å². The van der Waals surface area contributed by atoms with Gasteiger partial charge in [0.25, 0.3) is 5.91 Å². The lowest BCUT2D eigenvalue weighted by atomic mass is 10.1. The fraction of sp³-hybridized carbons (Fsp3) is 0.368. The Hall–Kier alpha value is -2.60. The molecular formula is C19H24N2O4. The van der Waals surface area contributed by atoms with Crippen molar-refractivity contribution in [1.29, 1.82) is 0 Å². The maximum atomic E-state index is 12.5. The summed E-state index contributed by atoms with van der Waals surface area (Å²) in [5.41, 5.74) is 1.46. The summed E-state index contributed by atoms with van der Waals surface area (Å²) >= 11 is 0. The Labute approximate surface area is 148 Å². The van der Waals surface area contributed by atoms with Crippen molar-refractivity contribution in [3.05, 3.63) is 53.9 Å². The van der Waals surface area contributed by atoms with Gasteiger partial charge >= 0.3 is 0 Å². The van der Waals surface area contributed by atoms with Crippen LogP contribution in [-0.2, 0) is 6.61 Å². The summed E-state index contributed by atoms with van der Waals surface area (Å²) in [6, 6.07) is 8.92. The van der Waals surface area contributed by atoms with E-state index in [0.717, 1.165) is 5.56 Å². The van der Waals surface area contributed by atoms with Gasteiger partial charge in [0, 0.05) is 36.6 Å². The number of aromatic nitrogens is 1. The lowest BCUT2D eigenvalue weighted by molar-refractivity contribution is 0.0731. The highest BCUT2D eigenvalue weighted by Gasteiger charge is 2.16. The highest BCUT2D eigenvalue weighted by Crippen LogP contribution is 2.29. The molecular weight excluding hydrogens is 320 g/mol. The molecule has 6 nitrogen and oxygen atoms in total. The first kappa shape index (κ1) is 18.7. The molecule has 1 aromatic heterocycles. The minimum Gasteiger partial charge on any atom is -0.490 e. The number of hydrogen-bond donors (Lipinski definition) is 1. The third-order valence-electron chi connectivity index (χ3n) is 3.65. The molecule has 0 unspecified atom stereocenters. The number of rotatable bonds is 9. The molecule has 0 atom stereocenters. The van der Waals surface area contributed by atoms with Gasteiger partial charge in [-0.2, -0.15) is 0 Å². The zero-order valence-electron chi connectivity index (χ0n) is 14.6. The molecule has 0 saturated heterocycles. The van der Waals surface area contributed by atoms with E-state index in [1.807, 2.05) is 26.0 Å². The summed E-state index contributed by atoms with van der Waals surface area (Å²) < 4.78 is 11.4. The number of benzene rings is 1. The van der Waals surface area contributed by atoms with Gasteiger partial charge in [0.2, 0.25) is 0 Å². The normalized spacial score (nSPS) is 10.4. The van der Waals surface area contributed by atoms with Crippen molar-refractivity contribution in [2.24, 2.45) is 0 Å². The Morgan fingerprint density at radius 1 is 1.20 bits per heavy atom. The van der Waals surface area contributed by atoms with Crippen LogP contribution in [0.1, 0.15) is 29.8 Å². The molecule has 0 radical (unpaired) electrons. The zero-order chi connectivity index (χ0) is 18.1. The minimum absolute atomic E-state index is 0.0653. The third kappa shape index (κ3) is 5.19. The first-order chi connectivity index (χ1) is 12.2. The standard InChI is InChI=1S/C19H24N2O4/c1-3-21(10-11-22)19(23)16-7-8-17(18(12-16)24-4-2)25-14-15-6-5-9-20-13-15/h5-9,12-13,22H,3-4,10-11,14H2,1-2H3. The quantitative estimate of drug-likeness (QED) is 0.757. The molecule has 1 amide bonds. The van der Waals surface area contributed by atoms with E-state index in [0.29, 0.717) is 43.4 Å². The van der Waals surface area contributed by atoms with Crippen LogP contribution in [0.4, 0.5) is 0 Å². The van der Waals surface area contributed by atoms with Gasteiger partial charge in [0.15, 0.2) is 11.5 Å². The minimum atomic E-state index is -0.142. The number of amides is 1. The first-order valence-electron chi connectivity index (χ1n) is 8.38. The number of likely N-dealkylation sites (N-methyl/N-ethyl adjacent to an activating group) is 1. The average Bonchev–Trinajstić information content (AvgIpc) is 2.65. The lowest BCUT2D eigenvalue weighted by Crippen LogP contribution is -2.33. The molecule has 0 saturated carbocycles. The summed E-state index contributed by atoms with van der Waals surface area (Å²) in [7, 11) is 0. The van der Waals surface area contributed by atoms with Crippen molar-refractivity contribution >= 4 is 5.91 Å². The van der Waals surface area contributed by atoms with Crippen molar-refractivity contribution in [2.45, 2.75) is 20.5 Å². The summed E-state index contributed by atoms with van der Waals surface area (Å²) in [6.07, 6.45) is 3.45. The largest absolute Gasteiger partial charge is 0.490 e. The Kier molecular flexibility index (Phi) is 7.22. The van der Waals surface area contributed by atoms with E-state index in [2.05, 4.69) is 4.98 Å². The molecule has 1 aromatic carbocycles. The average molecular weight is 344 g/mol. The maximum absolute atomic E-state index is 12.5. The third-order valence-corrected chi connectivity index (χ3v) is 3.65. The van der Waals surface area contributed by atoms with Crippen molar-refractivity contribution in [3.8, 4) is 11.5 Å². The Bertz CT molecular complexity index is 676. The summed E-state index contributed by atoms with van der Waals surface area (Å²) in [5.74, 6) is 0.959. The van der Waals surface area contributed by atoms with E-state index in [-0.39, 0.29) is 12.5 Å². The number of carbonyl (C=O) groups excluding carboxylic acids is 1. The Balaban J connectivity index is 2.17. The first-order valence-corrected chi connectivity index (χ1v) is 8.38. The SMILES string of the molecule is CCOc1cc(C(=O)N(CC)CCO)ccc1OCc1cccnc1. The van der Waals surface area contributed by atoms with Crippen LogP contribution < -0.4 is 9.47 Å². The number of aliphatic hydroxyl groups excluding tert-OH is 1. The highest BCUT2D eigenvalue weighted by molar-refractivity contribution is 5.95. The monoisotopic (exact) mass is 344 g/mol. The van der Waals surface area contributed by atoms with Gasteiger partial charge < -0.3 is 19.5 Å². The topological polar surface area (TPSA) is 71.9 Å². The van der Waals surface area contributed by atoms with E-state index < -0.39 is 0 Å². The number of nitrogens with zero attached hydrogens (tertiary/aromatic N) is 2. The molecule has 2 rings (SSSR count). The number of carbonyl (C=O) groups is 1. The van der Waals surface area contributed by atoms with Gasteiger partial charge in [0.05, 0.1) is 13.2 Å². The van der Waals surface area contributed by atoms with Crippen LogP contribution in [0.25, 0.3) is 0 Å². The van der Waals surface area contributed by atoms with Gasteiger partial charge in [-0.05, 0) is 38.1 Å². The molecule has 0 bridgehead atoms. The second kappa shape index (κ2) is 9.64. The molecule has 0 spiro atoms. The molecule has 25 heavy (non-hydrogen) atoms. The maximum Gasteiger partial charge on any atom is 0.254 e. The molecule has 0 aliphatic heterocycles. The number of ether oxygens (including phenoxy) is 2. The van der Waals surface area contributed by atoms with Gasteiger partial charge in [-0.1, -0.05) is 6.07 Å². The van der Waals surface area contributed by atoms with Crippen LogP contribution in [0.2, 0.25) is 0 Å². The molecule has 1 N–H and O–H groups in total. The Morgan fingerprint density at radius 3 is 2.68 bits per heavy atom. The van der Waals surface area contributed by atoms with Gasteiger partial charge in [-0.3, -0.25) is 9.78 Å². The molecule has 2 aromatic rings. The molecule has 134 valence electrons. The van der Waals surface area contributed by atoms with Gasteiger partial charge in [0.1, 0.15) is 6.61 Å². The van der Waals surface area contributed by atoms with Crippen LogP contribution in [-0.4, -0.2) is 47.2 Å². The predicted octanol–water partition coefficient (Wildman–Crippen LogP) is 2.51. The van der Waals surface area contributed by atoms with Crippen LogP contribution in [0, 0.1) is 0 Å². The van der Waals surface area contributed by atoms with Crippen LogP contribution in [0.5, 0.6) is 11.5 Å². The fourth-order valence-electron chi connectivity index (χ4n) is 2.38. The molecule has 6 heteroatoms. The fourth-order valence-corrected chi connectivity index (χ4v) is 2.38. The van der Waals surface area contributed by atoms with E-state index >= 15 is 0 Å². The number of hydrogen-bond acceptors (Lipinski definition) is 5. The van der Waals surface area contributed by atoms with Gasteiger partial charge in [-0.15, -0.1) is 0 Å². The summed E-state index contributed by atoms with van der Waals surface area (Å²) in [6.45, 7) is 5.36. The highest BCUT2D eigenvalue weighted by atomic mass is 16.5. The van der Waals surface area contributed by atoms with E-state index in [1.54, 1.807) is 35.5 Å². The van der Waals surface area contributed by atoms with Crippen LogP contribution >= 0.6 is 0 Å². The van der Waals surface area contributed by atoms with Crippen LogP contribution in [0.15, 0.2) is 42.7 Å². The van der Waals surface area contributed by atoms with Crippen molar-refractivity contribution in [3.63, 3.8) is 0 Å². The van der Waals surface area contributed by atoms with Crippen LogP contribution in [0.3, 0.4) is 0 Å². The van der Waals surface area contributed by atoms with E-state index in [9.17, 15) is 4.79 Å². The predicted molar refractivity (Wildman–Crippen MR) is 94.8 cm³/mol. The Morgan fingerprint density at radius 2 is 2.04 bits per heavy atom. The lowest BCUT2D eigenvalue weighted by Gasteiger charge is -2.20. The van der Waals surface area contributed by atoms with Gasteiger partial charge in [-0.25, -0.2) is 0 Å². The molecule has 0 fully saturated rings. The van der Waals surface area contributed by atoms with E-state index in [1.165, 1.54) is 0 Å². The van der Waals surface area contributed by atoms with Crippen molar-refractivity contribution in [2.75, 3.05) is 26.3 Å². The smallest absolute Gasteiger partial charge is 0.254 e. The number of aliphatic hydroxyl groups is 1. The summed E-state index contributed by atoms with van der Waals surface area (Å²) in [5, 5.41) is 9.08. The summed E-state index contributed by atoms with van der Waals surface area (Å²) in [4.78, 5) is 18.2. The van der Waals surface area contributed by atoms with Crippen molar-refractivity contribution in [1.82, 2.24) is 9.88 Å². The number of pyridine rings is 1. The molecule has 1 heterocycles. The van der Waals surface area contributed by atoms with E-state index in [4.69, 9.17) is 14.6 Å². The second-order valence-corrected chi connectivity index (χ2v) is 5.35.